The van der Waals surface area contributed by atoms with E-state index in [1.54, 1.807) is 14.2 Å². The number of benzene rings is 2. The number of nitrogens with one attached hydrogen (secondary N) is 2. The SMILES string of the molecule is COc1cc2c(cc1OC)-c1[nH]c3ccc(C#N)cc3c1CCN2. The van der Waals surface area contributed by atoms with Crippen molar-refractivity contribution in [2.75, 3.05) is 26.1 Å². The van der Waals surface area contributed by atoms with Crippen molar-refractivity contribution in [2.45, 2.75) is 6.42 Å². The number of aromatic amines is 1. The van der Waals surface area contributed by atoms with Gasteiger partial charge in [-0.3, -0.25) is 0 Å². The van der Waals surface area contributed by atoms with Crippen molar-refractivity contribution in [1.82, 2.24) is 4.98 Å². The van der Waals surface area contributed by atoms with Crippen LogP contribution in [0.4, 0.5) is 5.69 Å². The number of nitrogens with zero attached hydrogens (tertiary/aromatic N) is 1. The molecule has 1 aromatic heterocycles. The summed E-state index contributed by atoms with van der Waals surface area (Å²) in [6, 6.07) is 11.9. The second-order valence-corrected chi connectivity index (χ2v) is 5.78. The molecule has 120 valence electrons. The van der Waals surface area contributed by atoms with Gasteiger partial charge in [0.1, 0.15) is 0 Å². The van der Waals surface area contributed by atoms with Gasteiger partial charge in [-0.05, 0) is 36.2 Å². The van der Waals surface area contributed by atoms with Crippen LogP contribution in [0.25, 0.3) is 22.2 Å². The third-order valence-electron chi connectivity index (χ3n) is 4.52. The summed E-state index contributed by atoms with van der Waals surface area (Å²) < 4.78 is 10.9. The summed E-state index contributed by atoms with van der Waals surface area (Å²) in [7, 11) is 3.28. The first-order valence-electron chi connectivity index (χ1n) is 7.80. The van der Waals surface area contributed by atoms with E-state index in [2.05, 4.69) is 16.4 Å². The Bertz CT molecular complexity index is 982. The molecule has 24 heavy (non-hydrogen) atoms. The van der Waals surface area contributed by atoms with E-state index >= 15 is 0 Å². The largest absolute Gasteiger partial charge is 0.493 e. The highest BCUT2D eigenvalue weighted by Crippen LogP contribution is 2.42. The third kappa shape index (κ3) is 2.08. The van der Waals surface area contributed by atoms with E-state index in [-0.39, 0.29) is 0 Å². The number of nitriles is 1. The molecule has 1 aliphatic rings. The van der Waals surface area contributed by atoms with Crippen molar-refractivity contribution in [3.63, 3.8) is 0 Å². The lowest BCUT2D eigenvalue weighted by Gasteiger charge is -2.14. The van der Waals surface area contributed by atoms with Crippen LogP contribution in [0.15, 0.2) is 30.3 Å². The van der Waals surface area contributed by atoms with E-state index < -0.39 is 0 Å². The molecule has 2 heterocycles. The maximum Gasteiger partial charge on any atom is 0.162 e. The zero-order chi connectivity index (χ0) is 16.7. The van der Waals surface area contributed by atoms with E-state index in [1.165, 1.54) is 5.56 Å². The van der Waals surface area contributed by atoms with Gasteiger partial charge in [-0.2, -0.15) is 5.26 Å². The van der Waals surface area contributed by atoms with E-state index in [1.807, 2.05) is 30.3 Å². The quantitative estimate of drug-likeness (QED) is 0.756. The Hall–Kier alpha value is -3.13. The van der Waals surface area contributed by atoms with Gasteiger partial charge >= 0.3 is 0 Å². The lowest BCUT2D eigenvalue weighted by atomic mass is 10.0. The number of hydrogen-bond acceptors (Lipinski definition) is 4. The first kappa shape index (κ1) is 14.5. The summed E-state index contributed by atoms with van der Waals surface area (Å²) in [5, 5.41) is 13.7. The number of methoxy groups -OCH3 is 2. The summed E-state index contributed by atoms with van der Waals surface area (Å²) in [5.74, 6) is 1.40. The van der Waals surface area contributed by atoms with Crippen LogP contribution in [0.3, 0.4) is 0 Å². The monoisotopic (exact) mass is 319 g/mol. The highest BCUT2D eigenvalue weighted by molar-refractivity contribution is 5.95. The molecule has 0 saturated carbocycles. The van der Waals surface area contributed by atoms with Crippen LogP contribution in [0.2, 0.25) is 0 Å². The van der Waals surface area contributed by atoms with Crippen LogP contribution in [-0.2, 0) is 6.42 Å². The summed E-state index contributed by atoms with van der Waals surface area (Å²) in [5.41, 5.74) is 6.07. The van der Waals surface area contributed by atoms with E-state index in [4.69, 9.17) is 9.47 Å². The number of aromatic nitrogens is 1. The minimum Gasteiger partial charge on any atom is -0.493 e. The standard InChI is InChI=1S/C19H17N3O2/c1-23-17-8-14-16(9-18(17)24-2)21-6-5-12-13-7-11(10-20)3-4-15(13)22-19(12)14/h3-4,7-9,21-22H,5-6H2,1-2H3. The minimum absolute atomic E-state index is 0.675. The topological polar surface area (TPSA) is 70.1 Å². The van der Waals surface area contributed by atoms with Gasteiger partial charge in [-0.25, -0.2) is 0 Å². The average molecular weight is 319 g/mol. The van der Waals surface area contributed by atoms with Crippen LogP contribution in [0.5, 0.6) is 11.5 Å². The molecule has 0 amide bonds. The molecule has 0 spiro atoms. The molecule has 5 nitrogen and oxygen atoms in total. The molecule has 5 heteroatoms. The van der Waals surface area contributed by atoms with Crippen molar-refractivity contribution >= 4 is 16.6 Å². The molecule has 0 saturated heterocycles. The van der Waals surface area contributed by atoms with Crippen molar-refractivity contribution in [1.29, 1.82) is 5.26 Å². The van der Waals surface area contributed by atoms with Gasteiger partial charge in [0.05, 0.1) is 31.5 Å². The lowest BCUT2D eigenvalue weighted by Crippen LogP contribution is -2.03. The Morgan fingerprint density at radius 2 is 1.88 bits per heavy atom. The van der Waals surface area contributed by atoms with Crippen LogP contribution in [-0.4, -0.2) is 25.7 Å². The van der Waals surface area contributed by atoms with Crippen molar-refractivity contribution in [3.05, 3.63) is 41.5 Å². The number of rotatable bonds is 2. The van der Waals surface area contributed by atoms with Gasteiger partial charge in [0.15, 0.2) is 11.5 Å². The molecule has 0 fully saturated rings. The smallest absolute Gasteiger partial charge is 0.162 e. The lowest BCUT2D eigenvalue weighted by molar-refractivity contribution is 0.355. The summed E-state index contributed by atoms with van der Waals surface area (Å²) in [6.07, 6.45) is 0.878. The third-order valence-corrected chi connectivity index (χ3v) is 4.52. The molecular formula is C19H17N3O2. The Morgan fingerprint density at radius 3 is 2.62 bits per heavy atom. The van der Waals surface area contributed by atoms with Crippen molar-refractivity contribution in [2.24, 2.45) is 0 Å². The Kier molecular flexibility index (Phi) is 3.31. The van der Waals surface area contributed by atoms with Crippen LogP contribution >= 0.6 is 0 Å². The fourth-order valence-corrected chi connectivity index (χ4v) is 3.36. The molecule has 4 rings (SSSR count). The van der Waals surface area contributed by atoms with Crippen molar-refractivity contribution in [3.8, 4) is 28.8 Å². The zero-order valence-electron chi connectivity index (χ0n) is 13.6. The average Bonchev–Trinajstić information content (AvgIpc) is 2.89. The normalized spacial score (nSPS) is 12.5. The summed E-state index contributed by atoms with van der Waals surface area (Å²) in [6.45, 7) is 0.819. The number of anilines is 1. The molecule has 0 radical (unpaired) electrons. The first-order valence-corrected chi connectivity index (χ1v) is 7.80. The molecule has 0 aliphatic carbocycles. The van der Waals surface area contributed by atoms with Gasteiger partial charge in [0, 0.05) is 34.8 Å². The number of H-pyrrole nitrogens is 1. The van der Waals surface area contributed by atoms with Gasteiger partial charge in [-0.1, -0.05) is 0 Å². The number of hydrogen-bond donors (Lipinski definition) is 2. The van der Waals surface area contributed by atoms with Crippen LogP contribution in [0.1, 0.15) is 11.1 Å². The fourth-order valence-electron chi connectivity index (χ4n) is 3.36. The molecule has 0 atom stereocenters. The van der Waals surface area contributed by atoms with Crippen LogP contribution < -0.4 is 14.8 Å². The molecule has 0 bridgehead atoms. The zero-order valence-corrected chi connectivity index (χ0v) is 13.6. The highest BCUT2D eigenvalue weighted by atomic mass is 16.5. The number of fused-ring (bicyclic) bond motifs is 5. The number of ether oxygens (including phenoxy) is 2. The summed E-state index contributed by atoms with van der Waals surface area (Å²) >= 11 is 0. The van der Waals surface area contributed by atoms with Gasteiger partial charge in [-0.15, -0.1) is 0 Å². The minimum atomic E-state index is 0.675. The first-order chi connectivity index (χ1) is 11.7. The van der Waals surface area contributed by atoms with Crippen LogP contribution in [0, 0.1) is 11.3 Å². The van der Waals surface area contributed by atoms with Crippen molar-refractivity contribution < 1.29 is 9.47 Å². The fraction of sp³-hybridized carbons (Fsp3) is 0.211. The van der Waals surface area contributed by atoms with Gasteiger partial charge < -0.3 is 19.8 Å². The second-order valence-electron chi connectivity index (χ2n) is 5.78. The Morgan fingerprint density at radius 1 is 1.08 bits per heavy atom. The van der Waals surface area contributed by atoms with E-state index in [9.17, 15) is 5.26 Å². The molecule has 0 unspecified atom stereocenters. The maximum absolute atomic E-state index is 9.17. The molecule has 2 N–H and O–H groups in total. The predicted octanol–water partition coefficient (Wildman–Crippen LogP) is 3.69. The molecule has 3 aromatic rings. The van der Waals surface area contributed by atoms with Gasteiger partial charge in [0.2, 0.25) is 0 Å². The Balaban J connectivity index is 2.00. The van der Waals surface area contributed by atoms with E-state index in [0.29, 0.717) is 17.1 Å². The second kappa shape index (κ2) is 5.50. The van der Waals surface area contributed by atoms with E-state index in [0.717, 1.165) is 40.8 Å². The summed E-state index contributed by atoms with van der Waals surface area (Å²) in [4.78, 5) is 3.51. The highest BCUT2D eigenvalue weighted by Gasteiger charge is 2.21. The molecule has 2 aromatic carbocycles. The molecular weight excluding hydrogens is 302 g/mol. The maximum atomic E-state index is 9.17. The predicted molar refractivity (Wildman–Crippen MR) is 93.7 cm³/mol. The van der Waals surface area contributed by atoms with Gasteiger partial charge in [0.25, 0.3) is 0 Å². The Labute approximate surface area is 139 Å². The molecule has 1 aliphatic heterocycles.